The average Bonchev–Trinajstić information content (AvgIpc) is 2.37. The van der Waals surface area contributed by atoms with Crippen molar-refractivity contribution in [1.29, 1.82) is 0 Å². The van der Waals surface area contributed by atoms with Crippen LogP contribution in [0.15, 0.2) is 42.5 Å². The van der Waals surface area contributed by atoms with Crippen LogP contribution in [0.5, 0.6) is 5.75 Å². The Bertz CT molecular complexity index is 609. The highest BCUT2D eigenvalue weighted by Gasteiger charge is 2.11. The summed E-state index contributed by atoms with van der Waals surface area (Å²) in [5.41, 5.74) is 2.47. The second kappa shape index (κ2) is 6.09. The molecule has 0 amide bonds. The normalized spacial score (nSPS) is 10.3. The lowest BCUT2D eigenvalue weighted by Gasteiger charge is -2.10. The number of benzene rings is 2. The highest BCUT2D eigenvalue weighted by Crippen LogP contribution is 2.25. The van der Waals surface area contributed by atoms with Crippen LogP contribution < -0.4 is 4.74 Å². The third-order valence-electron chi connectivity index (χ3n) is 2.63. The van der Waals surface area contributed by atoms with Gasteiger partial charge in [-0.05, 0) is 42.3 Å². The number of hydrogen-bond donors (Lipinski definition) is 0. The van der Waals surface area contributed by atoms with Gasteiger partial charge in [0.2, 0.25) is 0 Å². The fourth-order valence-electron chi connectivity index (χ4n) is 1.74. The Kier molecular flexibility index (Phi) is 4.46. The molecule has 2 rings (SSSR count). The molecule has 0 aliphatic heterocycles. The molecule has 2 aromatic carbocycles. The first-order chi connectivity index (χ1) is 9.06. The molecule has 0 atom stereocenters. The summed E-state index contributed by atoms with van der Waals surface area (Å²) in [7, 11) is 0. The first kappa shape index (κ1) is 13.9. The minimum absolute atomic E-state index is 0.279. The fourth-order valence-corrected chi connectivity index (χ4v) is 2.06. The number of carbonyl (C=O) groups is 1. The largest absolute Gasteiger partial charge is 0.488 e. The van der Waals surface area contributed by atoms with Crippen molar-refractivity contribution in [3.8, 4) is 5.75 Å². The monoisotopic (exact) mass is 294 g/mol. The Hall–Kier alpha value is -1.51. The fraction of sp³-hybridized carbons (Fsp3) is 0.133. The minimum Gasteiger partial charge on any atom is -0.488 e. The molecule has 0 bridgehead atoms. The molecule has 0 spiro atoms. The molecule has 4 heteroatoms. The first-order valence-corrected chi connectivity index (χ1v) is 6.49. The van der Waals surface area contributed by atoms with Gasteiger partial charge in [0.1, 0.15) is 12.4 Å². The zero-order valence-electron chi connectivity index (χ0n) is 10.3. The molecule has 0 heterocycles. The lowest BCUT2D eigenvalue weighted by Crippen LogP contribution is -2.00. The van der Waals surface area contributed by atoms with E-state index in [-0.39, 0.29) is 5.56 Å². The van der Waals surface area contributed by atoms with Crippen molar-refractivity contribution in [2.45, 2.75) is 13.5 Å². The molecule has 0 aromatic heterocycles. The van der Waals surface area contributed by atoms with Crippen molar-refractivity contribution in [1.82, 2.24) is 0 Å². The van der Waals surface area contributed by atoms with E-state index in [4.69, 9.17) is 27.9 Å². The predicted molar refractivity (Wildman–Crippen MR) is 77.1 cm³/mol. The summed E-state index contributed by atoms with van der Waals surface area (Å²) >= 11 is 11.3. The maximum atomic E-state index is 11.3. The van der Waals surface area contributed by atoms with E-state index >= 15 is 0 Å². The summed E-state index contributed by atoms with van der Waals surface area (Å²) in [4.78, 5) is 11.3. The van der Waals surface area contributed by atoms with Gasteiger partial charge in [0.05, 0.1) is 5.56 Å². The SMILES string of the molecule is Cc1cccc(COc2ccc(Cl)cc2C(=O)Cl)c1. The summed E-state index contributed by atoms with van der Waals surface area (Å²) in [6, 6.07) is 12.8. The Morgan fingerprint density at radius 2 is 2.00 bits per heavy atom. The summed E-state index contributed by atoms with van der Waals surface area (Å²) in [6.45, 7) is 2.39. The molecule has 2 aromatic rings. The van der Waals surface area contributed by atoms with E-state index < -0.39 is 5.24 Å². The van der Waals surface area contributed by atoms with Crippen molar-refractivity contribution in [2.24, 2.45) is 0 Å². The van der Waals surface area contributed by atoms with Gasteiger partial charge in [0, 0.05) is 5.02 Å². The van der Waals surface area contributed by atoms with Crippen LogP contribution in [-0.2, 0) is 6.61 Å². The highest BCUT2D eigenvalue weighted by molar-refractivity contribution is 6.68. The van der Waals surface area contributed by atoms with Gasteiger partial charge >= 0.3 is 0 Å². The molecule has 98 valence electrons. The molecule has 0 aliphatic carbocycles. The highest BCUT2D eigenvalue weighted by atomic mass is 35.5. The quantitative estimate of drug-likeness (QED) is 0.770. The zero-order valence-corrected chi connectivity index (χ0v) is 11.8. The van der Waals surface area contributed by atoms with E-state index in [1.807, 2.05) is 31.2 Å². The van der Waals surface area contributed by atoms with E-state index in [0.29, 0.717) is 17.4 Å². The molecule has 2 nitrogen and oxygen atoms in total. The lowest BCUT2D eigenvalue weighted by atomic mass is 10.1. The number of halogens is 2. The van der Waals surface area contributed by atoms with Crippen LogP contribution in [0.25, 0.3) is 0 Å². The van der Waals surface area contributed by atoms with Gasteiger partial charge < -0.3 is 4.74 Å². The standard InChI is InChI=1S/C15H12Cl2O2/c1-10-3-2-4-11(7-10)9-19-14-6-5-12(16)8-13(14)15(17)18/h2-8H,9H2,1H3. The molecule has 19 heavy (non-hydrogen) atoms. The maximum Gasteiger partial charge on any atom is 0.256 e. The Morgan fingerprint density at radius 3 is 2.68 bits per heavy atom. The lowest BCUT2D eigenvalue weighted by molar-refractivity contribution is 0.107. The van der Waals surface area contributed by atoms with E-state index in [2.05, 4.69) is 0 Å². The van der Waals surface area contributed by atoms with Crippen LogP contribution in [0.2, 0.25) is 5.02 Å². The van der Waals surface area contributed by atoms with E-state index in [0.717, 1.165) is 11.1 Å². The molecule has 0 aliphatic rings. The van der Waals surface area contributed by atoms with Gasteiger partial charge in [-0.1, -0.05) is 41.4 Å². The second-order valence-corrected chi connectivity index (χ2v) is 4.97. The zero-order chi connectivity index (χ0) is 13.8. The van der Waals surface area contributed by atoms with Crippen LogP contribution in [0.3, 0.4) is 0 Å². The van der Waals surface area contributed by atoms with Crippen molar-refractivity contribution in [2.75, 3.05) is 0 Å². The Morgan fingerprint density at radius 1 is 1.21 bits per heavy atom. The Labute approximate surface area is 121 Å². The molecule has 0 fully saturated rings. The van der Waals surface area contributed by atoms with E-state index in [9.17, 15) is 4.79 Å². The van der Waals surface area contributed by atoms with Crippen LogP contribution in [-0.4, -0.2) is 5.24 Å². The van der Waals surface area contributed by atoms with Crippen molar-refractivity contribution < 1.29 is 9.53 Å². The van der Waals surface area contributed by atoms with Gasteiger partial charge in [-0.3, -0.25) is 4.79 Å². The van der Waals surface area contributed by atoms with Crippen LogP contribution in [0, 0.1) is 6.92 Å². The topological polar surface area (TPSA) is 26.3 Å². The van der Waals surface area contributed by atoms with E-state index in [1.165, 1.54) is 6.07 Å². The molecular weight excluding hydrogens is 283 g/mol. The van der Waals surface area contributed by atoms with Gasteiger partial charge in [-0.25, -0.2) is 0 Å². The molecule has 0 unspecified atom stereocenters. The van der Waals surface area contributed by atoms with Crippen LogP contribution >= 0.6 is 23.2 Å². The van der Waals surface area contributed by atoms with Crippen molar-refractivity contribution >= 4 is 28.4 Å². The van der Waals surface area contributed by atoms with E-state index in [1.54, 1.807) is 12.1 Å². The van der Waals surface area contributed by atoms with Crippen LogP contribution in [0.4, 0.5) is 0 Å². The number of hydrogen-bond acceptors (Lipinski definition) is 2. The summed E-state index contributed by atoms with van der Waals surface area (Å²) in [5, 5.41) is -0.131. The minimum atomic E-state index is -0.582. The molecule has 0 N–H and O–H groups in total. The van der Waals surface area contributed by atoms with Gasteiger partial charge in [0.15, 0.2) is 0 Å². The number of aryl methyl sites for hydroxylation is 1. The molecule has 0 saturated carbocycles. The first-order valence-electron chi connectivity index (χ1n) is 5.74. The summed E-state index contributed by atoms with van der Waals surface area (Å²) < 4.78 is 5.63. The third-order valence-corrected chi connectivity index (χ3v) is 3.07. The van der Waals surface area contributed by atoms with Crippen molar-refractivity contribution in [3.63, 3.8) is 0 Å². The third kappa shape index (κ3) is 3.72. The summed E-state index contributed by atoms with van der Waals surface area (Å²) in [5.74, 6) is 0.436. The molecule has 0 radical (unpaired) electrons. The van der Waals surface area contributed by atoms with Crippen LogP contribution in [0.1, 0.15) is 21.5 Å². The number of ether oxygens (including phenoxy) is 1. The molecular formula is C15H12Cl2O2. The predicted octanol–water partition coefficient (Wildman–Crippen LogP) is 4.61. The molecule has 0 saturated heterocycles. The average molecular weight is 295 g/mol. The smallest absolute Gasteiger partial charge is 0.256 e. The van der Waals surface area contributed by atoms with Gasteiger partial charge in [0.25, 0.3) is 5.24 Å². The number of carbonyl (C=O) groups excluding carboxylic acids is 1. The maximum absolute atomic E-state index is 11.3. The number of rotatable bonds is 4. The van der Waals surface area contributed by atoms with Gasteiger partial charge in [-0.2, -0.15) is 0 Å². The summed E-state index contributed by atoms with van der Waals surface area (Å²) in [6.07, 6.45) is 0. The Balaban J connectivity index is 2.17. The van der Waals surface area contributed by atoms with Gasteiger partial charge in [-0.15, -0.1) is 0 Å². The second-order valence-electron chi connectivity index (χ2n) is 4.19. The van der Waals surface area contributed by atoms with Crippen molar-refractivity contribution in [3.05, 3.63) is 64.2 Å².